The van der Waals surface area contributed by atoms with Crippen LogP contribution in [-0.4, -0.2) is 4.98 Å². The van der Waals surface area contributed by atoms with Crippen molar-refractivity contribution in [3.63, 3.8) is 0 Å². The maximum absolute atomic E-state index is 13.4. The van der Waals surface area contributed by atoms with E-state index in [0.717, 1.165) is 59.5 Å². The Morgan fingerprint density at radius 3 is 1.74 bits per heavy atom. The van der Waals surface area contributed by atoms with E-state index in [9.17, 15) is 9.59 Å². The van der Waals surface area contributed by atoms with Gasteiger partial charge in [-0.1, -0.05) is 78.9 Å². The summed E-state index contributed by atoms with van der Waals surface area (Å²) < 4.78 is 0. The Balaban J connectivity index is 1.81. The average molecular weight is 433 g/mol. The van der Waals surface area contributed by atoms with Gasteiger partial charge in [0.1, 0.15) is 0 Å². The van der Waals surface area contributed by atoms with Crippen LogP contribution in [0.25, 0.3) is 75.7 Å². The van der Waals surface area contributed by atoms with Crippen LogP contribution in [0.3, 0.4) is 0 Å². The molecule has 8 aromatic rings. The molecule has 7 aromatic carbocycles. The number of aromatic nitrogens is 1. The van der Waals surface area contributed by atoms with Crippen molar-refractivity contribution in [2.24, 2.45) is 0 Å². The highest BCUT2D eigenvalue weighted by Crippen LogP contribution is 2.41. The van der Waals surface area contributed by atoms with Gasteiger partial charge in [-0.05, 0) is 28.3 Å². The number of benzene rings is 7. The first kappa shape index (κ1) is 17.9. The van der Waals surface area contributed by atoms with Crippen LogP contribution in [0.5, 0.6) is 0 Å². The minimum Gasteiger partial charge on any atom is -0.289 e. The van der Waals surface area contributed by atoms with Crippen LogP contribution in [0.1, 0.15) is 0 Å². The van der Waals surface area contributed by atoms with Gasteiger partial charge in [-0.2, -0.15) is 0 Å². The van der Waals surface area contributed by atoms with Gasteiger partial charge in [0.2, 0.25) is 0 Å². The fraction of sp³-hybridized carbons (Fsp3) is 0. The molecule has 0 radical (unpaired) electrons. The largest absolute Gasteiger partial charge is 0.289 e. The zero-order valence-electron chi connectivity index (χ0n) is 17.9. The van der Waals surface area contributed by atoms with Gasteiger partial charge in [0.15, 0.2) is 10.9 Å². The van der Waals surface area contributed by atoms with E-state index < -0.39 is 0 Å². The Bertz CT molecular complexity index is 2240. The number of nitrogens with zero attached hydrogens (tertiary/aromatic N) is 1. The first-order valence-corrected chi connectivity index (χ1v) is 11.3. The topological polar surface area (TPSA) is 47.0 Å². The molecular weight excluding hydrogens is 418 g/mol. The highest BCUT2D eigenvalue weighted by Gasteiger charge is 2.19. The van der Waals surface area contributed by atoms with Gasteiger partial charge in [-0.25, -0.2) is 4.98 Å². The molecule has 0 N–H and O–H groups in total. The number of hydrogen-bond donors (Lipinski definition) is 0. The van der Waals surface area contributed by atoms with Crippen LogP contribution in [0.2, 0.25) is 0 Å². The molecular formula is C31H15NO2. The summed E-state index contributed by atoms with van der Waals surface area (Å²) in [6.45, 7) is 0. The minimum absolute atomic E-state index is 0.0372. The van der Waals surface area contributed by atoms with Crippen molar-refractivity contribution < 1.29 is 0 Å². The predicted octanol–water partition coefficient (Wildman–Crippen LogP) is 6.75. The lowest BCUT2D eigenvalue weighted by molar-refractivity contribution is 1.53. The molecule has 156 valence electrons. The van der Waals surface area contributed by atoms with Gasteiger partial charge in [0.25, 0.3) is 0 Å². The van der Waals surface area contributed by atoms with Crippen molar-refractivity contribution in [3.8, 4) is 0 Å². The second-order valence-corrected chi connectivity index (χ2v) is 8.98. The summed E-state index contributed by atoms with van der Waals surface area (Å²) >= 11 is 0. The van der Waals surface area contributed by atoms with Crippen LogP contribution < -0.4 is 10.9 Å². The summed E-state index contributed by atoms with van der Waals surface area (Å²) in [6, 6.07) is 29.5. The van der Waals surface area contributed by atoms with Crippen LogP contribution >= 0.6 is 0 Å². The maximum atomic E-state index is 13.4. The molecule has 0 aliphatic heterocycles. The van der Waals surface area contributed by atoms with Crippen LogP contribution in [-0.2, 0) is 0 Å². The van der Waals surface area contributed by atoms with Crippen molar-refractivity contribution in [2.45, 2.75) is 0 Å². The molecule has 0 bridgehead atoms. The van der Waals surface area contributed by atoms with Crippen molar-refractivity contribution in [2.75, 3.05) is 0 Å². The van der Waals surface area contributed by atoms with Crippen molar-refractivity contribution in [3.05, 3.63) is 111 Å². The van der Waals surface area contributed by atoms with Gasteiger partial charge in [0, 0.05) is 48.5 Å². The Morgan fingerprint density at radius 2 is 0.971 bits per heavy atom. The Morgan fingerprint density at radius 1 is 0.412 bits per heavy atom. The molecule has 1 heterocycles. The second kappa shape index (κ2) is 6.03. The SMILES string of the molecule is O=c1c2ccccc2c2cc3c(nc4cccc5c(=O)c6ccccc6c3c45)c3cccc1c23. The lowest BCUT2D eigenvalue weighted by Gasteiger charge is -2.15. The summed E-state index contributed by atoms with van der Waals surface area (Å²) in [6.07, 6.45) is 0. The van der Waals surface area contributed by atoms with Crippen molar-refractivity contribution >= 4 is 75.7 Å². The molecule has 0 unspecified atom stereocenters. The second-order valence-electron chi connectivity index (χ2n) is 8.98. The molecule has 0 fully saturated rings. The first-order valence-electron chi connectivity index (χ1n) is 11.3. The fourth-order valence-electron chi connectivity index (χ4n) is 5.91. The normalized spacial score (nSPS) is 12.4. The fourth-order valence-corrected chi connectivity index (χ4v) is 5.91. The Labute approximate surface area is 192 Å². The monoisotopic (exact) mass is 433 g/mol. The zero-order chi connectivity index (χ0) is 22.6. The third kappa shape index (κ3) is 2.01. The third-order valence-electron chi connectivity index (χ3n) is 7.32. The number of hydrogen-bond acceptors (Lipinski definition) is 3. The lowest BCUT2D eigenvalue weighted by atomic mass is 9.89. The first-order chi connectivity index (χ1) is 16.7. The zero-order valence-corrected chi connectivity index (χ0v) is 17.9. The summed E-state index contributed by atoms with van der Waals surface area (Å²) in [7, 11) is 0. The van der Waals surface area contributed by atoms with Crippen LogP contribution in [0.15, 0.2) is 101 Å². The predicted molar refractivity (Wildman–Crippen MR) is 142 cm³/mol. The van der Waals surface area contributed by atoms with Crippen LogP contribution in [0.4, 0.5) is 0 Å². The van der Waals surface area contributed by atoms with E-state index in [1.807, 2.05) is 78.9 Å². The summed E-state index contributed by atoms with van der Waals surface area (Å²) in [4.78, 5) is 31.8. The molecule has 3 heteroatoms. The molecule has 0 aliphatic carbocycles. The van der Waals surface area contributed by atoms with E-state index in [0.29, 0.717) is 16.2 Å². The highest BCUT2D eigenvalue weighted by atomic mass is 16.1. The van der Waals surface area contributed by atoms with Crippen molar-refractivity contribution in [1.82, 2.24) is 4.98 Å². The van der Waals surface area contributed by atoms with E-state index in [1.165, 1.54) is 0 Å². The summed E-state index contributed by atoms with van der Waals surface area (Å²) in [5, 5.41) is 10.6. The van der Waals surface area contributed by atoms with Gasteiger partial charge >= 0.3 is 0 Å². The van der Waals surface area contributed by atoms with E-state index in [-0.39, 0.29) is 10.9 Å². The smallest absolute Gasteiger partial charge is 0.194 e. The average Bonchev–Trinajstić information content (AvgIpc) is 2.89. The molecule has 1 aromatic heterocycles. The number of rotatable bonds is 0. The summed E-state index contributed by atoms with van der Waals surface area (Å²) in [5.74, 6) is 0. The van der Waals surface area contributed by atoms with E-state index in [4.69, 9.17) is 4.98 Å². The number of fused-ring (bicyclic) bond motifs is 7. The Kier molecular flexibility index (Phi) is 3.17. The molecule has 0 saturated heterocycles. The molecule has 0 aliphatic rings. The Hall–Kier alpha value is -4.63. The highest BCUT2D eigenvalue weighted by molar-refractivity contribution is 6.35. The molecule has 0 atom stereocenters. The lowest BCUT2D eigenvalue weighted by Crippen LogP contribution is -2.05. The van der Waals surface area contributed by atoms with Gasteiger partial charge in [0.05, 0.1) is 11.0 Å². The number of pyridine rings is 1. The van der Waals surface area contributed by atoms with Crippen molar-refractivity contribution in [1.29, 1.82) is 0 Å². The quantitative estimate of drug-likeness (QED) is 0.196. The molecule has 0 spiro atoms. The minimum atomic E-state index is 0.0372. The summed E-state index contributed by atoms with van der Waals surface area (Å²) in [5.41, 5.74) is 1.74. The molecule has 8 rings (SSSR count). The van der Waals surface area contributed by atoms with E-state index in [1.54, 1.807) is 0 Å². The van der Waals surface area contributed by atoms with Gasteiger partial charge < -0.3 is 0 Å². The van der Waals surface area contributed by atoms with Crippen LogP contribution in [0, 0.1) is 0 Å². The van der Waals surface area contributed by atoms with E-state index in [2.05, 4.69) is 12.1 Å². The third-order valence-corrected chi connectivity index (χ3v) is 7.32. The molecule has 34 heavy (non-hydrogen) atoms. The standard InChI is InChI=1S/C31H15NO2/c33-30-18-9-3-1-7-16(18)23-15-24-27-17-8-2-4-10-19(17)31(34)22-13-6-14-25(28(22)27)32-29(24)20-11-5-12-21(30)26(20)23/h1-15H. The van der Waals surface area contributed by atoms with Gasteiger partial charge in [-0.15, -0.1) is 0 Å². The maximum Gasteiger partial charge on any atom is 0.194 e. The molecule has 0 saturated carbocycles. The van der Waals surface area contributed by atoms with Gasteiger partial charge in [-0.3, -0.25) is 9.59 Å². The molecule has 3 nitrogen and oxygen atoms in total. The molecule has 0 amide bonds. The van der Waals surface area contributed by atoms with E-state index >= 15 is 0 Å².